The molecule has 136 valence electrons. The van der Waals surface area contributed by atoms with Gasteiger partial charge < -0.3 is 14.2 Å². The summed E-state index contributed by atoms with van der Waals surface area (Å²) < 4.78 is 18.2. The highest BCUT2D eigenvalue weighted by atomic mass is 35.5. The monoisotopic (exact) mass is 400 g/mol. The maximum Gasteiger partial charge on any atom is 0.234 e. The predicted octanol–water partition coefficient (Wildman–Crippen LogP) is 3.74. The van der Waals surface area contributed by atoms with Gasteiger partial charge in [0.1, 0.15) is 17.4 Å². The van der Waals surface area contributed by atoms with Gasteiger partial charge in [0.05, 0.1) is 0 Å². The maximum absolute atomic E-state index is 5.93. The fourth-order valence-corrected chi connectivity index (χ4v) is 3.76. The number of fused-ring (bicyclic) bond motifs is 2. The van der Waals surface area contributed by atoms with Crippen LogP contribution in [0, 0.1) is 0 Å². The van der Waals surface area contributed by atoms with Crippen molar-refractivity contribution in [2.75, 3.05) is 6.79 Å². The van der Waals surface area contributed by atoms with Crippen LogP contribution in [0.5, 0.6) is 17.2 Å². The lowest BCUT2D eigenvalue weighted by molar-refractivity contribution is 0.173. The molecule has 0 fully saturated rings. The topological polar surface area (TPSA) is 70.8 Å². The third-order valence-electron chi connectivity index (χ3n) is 4.08. The highest BCUT2D eigenvalue weighted by Crippen LogP contribution is 2.35. The zero-order chi connectivity index (χ0) is 18.2. The smallest absolute Gasteiger partial charge is 0.234 e. The molecule has 27 heavy (non-hydrogen) atoms. The van der Waals surface area contributed by atoms with Gasteiger partial charge in [-0.3, -0.25) is 0 Å². The van der Waals surface area contributed by atoms with Crippen LogP contribution in [0.3, 0.4) is 0 Å². The van der Waals surface area contributed by atoms with Crippen LogP contribution in [-0.2, 0) is 13.0 Å². The predicted molar refractivity (Wildman–Crippen MR) is 99.8 cm³/mol. The van der Waals surface area contributed by atoms with Gasteiger partial charge in [-0.15, -0.1) is 10.2 Å². The van der Waals surface area contributed by atoms with Crippen molar-refractivity contribution in [3.63, 3.8) is 0 Å². The number of halogens is 1. The molecule has 0 unspecified atom stereocenters. The van der Waals surface area contributed by atoms with Crippen molar-refractivity contribution in [3.05, 3.63) is 63.9 Å². The van der Waals surface area contributed by atoms with Crippen LogP contribution in [0.25, 0.3) is 4.96 Å². The lowest BCUT2D eigenvalue weighted by atomic mass is 10.2. The van der Waals surface area contributed by atoms with Gasteiger partial charge in [0.25, 0.3) is 0 Å². The van der Waals surface area contributed by atoms with Gasteiger partial charge in [-0.2, -0.15) is 9.61 Å². The Morgan fingerprint density at radius 2 is 1.93 bits per heavy atom. The van der Waals surface area contributed by atoms with Crippen molar-refractivity contribution >= 4 is 27.9 Å². The highest BCUT2D eigenvalue weighted by molar-refractivity contribution is 7.16. The van der Waals surface area contributed by atoms with Gasteiger partial charge in [-0.1, -0.05) is 35.1 Å². The average molecular weight is 401 g/mol. The molecule has 0 aliphatic carbocycles. The van der Waals surface area contributed by atoms with Crippen LogP contribution in [0.1, 0.15) is 16.4 Å². The normalized spacial score (nSPS) is 12.6. The summed E-state index contributed by atoms with van der Waals surface area (Å²) in [6.07, 6.45) is 0.716. The van der Waals surface area contributed by atoms with Gasteiger partial charge in [0, 0.05) is 17.5 Å². The zero-order valence-electron chi connectivity index (χ0n) is 14.0. The van der Waals surface area contributed by atoms with Crippen LogP contribution < -0.4 is 14.2 Å². The first-order valence-corrected chi connectivity index (χ1v) is 9.41. The van der Waals surface area contributed by atoms with E-state index in [-0.39, 0.29) is 13.4 Å². The van der Waals surface area contributed by atoms with Gasteiger partial charge in [0.2, 0.25) is 11.8 Å². The van der Waals surface area contributed by atoms with Crippen LogP contribution in [0.4, 0.5) is 0 Å². The summed E-state index contributed by atoms with van der Waals surface area (Å²) in [5, 5.41) is 14.6. The molecule has 0 saturated heterocycles. The largest absolute Gasteiger partial charge is 0.485 e. The number of aromatic nitrogens is 4. The van der Waals surface area contributed by atoms with Crippen molar-refractivity contribution in [1.82, 2.24) is 19.8 Å². The minimum absolute atomic E-state index is 0.235. The van der Waals surface area contributed by atoms with E-state index in [2.05, 4.69) is 15.3 Å². The molecule has 9 heteroatoms. The van der Waals surface area contributed by atoms with E-state index in [1.165, 1.54) is 11.3 Å². The molecule has 0 saturated carbocycles. The SMILES string of the molecule is Clc1ccc(Cc2nn3c(COc4ccc5c(c4)OCO5)nnc3s2)cc1. The Bertz CT molecular complexity index is 1110. The van der Waals surface area contributed by atoms with Crippen LogP contribution >= 0.6 is 22.9 Å². The van der Waals surface area contributed by atoms with E-state index >= 15 is 0 Å². The number of hydrogen-bond donors (Lipinski definition) is 0. The fraction of sp³-hybridized carbons (Fsp3) is 0.167. The first kappa shape index (κ1) is 16.3. The molecule has 0 N–H and O–H groups in total. The molecule has 7 nitrogen and oxygen atoms in total. The van der Waals surface area contributed by atoms with Crippen LogP contribution in [0.15, 0.2) is 42.5 Å². The van der Waals surface area contributed by atoms with Crippen molar-refractivity contribution in [1.29, 1.82) is 0 Å². The standard InChI is InChI=1S/C18H13ClN4O3S/c19-12-3-1-11(2-4-12)7-17-22-23-16(20-21-18(23)27-17)9-24-13-5-6-14-15(8-13)26-10-25-14/h1-6,8H,7,9-10H2. The number of ether oxygens (including phenoxy) is 3. The van der Waals surface area contributed by atoms with E-state index in [9.17, 15) is 0 Å². The summed E-state index contributed by atoms with van der Waals surface area (Å²) >= 11 is 7.44. The molecule has 4 aromatic rings. The summed E-state index contributed by atoms with van der Waals surface area (Å²) in [5.41, 5.74) is 1.14. The molecule has 0 bridgehead atoms. The minimum Gasteiger partial charge on any atom is -0.485 e. The first-order chi connectivity index (χ1) is 13.2. The summed E-state index contributed by atoms with van der Waals surface area (Å²) in [6, 6.07) is 13.2. The molecule has 3 heterocycles. The first-order valence-electron chi connectivity index (χ1n) is 8.21. The van der Waals surface area contributed by atoms with Gasteiger partial charge in [-0.05, 0) is 29.8 Å². The number of hydrogen-bond acceptors (Lipinski definition) is 7. The summed E-state index contributed by atoms with van der Waals surface area (Å²) in [4.78, 5) is 0.739. The zero-order valence-corrected chi connectivity index (χ0v) is 15.5. The third kappa shape index (κ3) is 3.29. The van der Waals surface area contributed by atoms with Crippen molar-refractivity contribution in [3.8, 4) is 17.2 Å². The molecule has 2 aromatic carbocycles. The average Bonchev–Trinajstić information content (AvgIpc) is 3.37. The highest BCUT2D eigenvalue weighted by Gasteiger charge is 2.16. The number of benzene rings is 2. The Hall–Kier alpha value is -2.84. The molecule has 1 aliphatic rings. The minimum atomic E-state index is 0.235. The second-order valence-electron chi connectivity index (χ2n) is 5.91. The Morgan fingerprint density at radius 3 is 2.81 bits per heavy atom. The van der Waals surface area contributed by atoms with E-state index in [0.29, 0.717) is 23.7 Å². The van der Waals surface area contributed by atoms with Crippen LogP contribution in [-0.4, -0.2) is 26.6 Å². The van der Waals surface area contributed by atoms with E-state index in [4.69, 9.17) is 25.8 Å². The third-order valence-corrected chi connectivity index (χ3v) is 5.23. The quantitative estimate of drug-likeness (QED) is 0.508. The van der Waals surface area contributed by atoms with Crippen molar-refractivity contribution < 1.29 is 14.2 Å². The molecule has 5 rings (SSSR count). The molecular weight excluding hydrogens is 388 g/mol. The molecule has 0 atom stereocenters. The van der Waals surface area contributed by atoms with Gasteiger partial charge >= 0.3 is 0 Å². The summed E-state index contributed by atoms with van der Waals surface area (Å²) in [6.45, 7) is 0.490. The Morgan fingerprint density at radius 1 is 1.07 bits per heavy atom. The molecule has 0 amide bonds. The Balaban J connectivity index is 1.32. The Kier molecular flexibility index (Phi) is 4.06. The number of rotatable bonds is 5. The molecular formula is C18H13ClN4O3S. The number of nitrogens with zero attached hydrogens (tertiary/aromatic N) is 4. The fourth-order valence-electron chi connectivity index (χ4n) is 2.75. The molecule has 0 spiro atoms. The molecule has 0 radical (unpaired) electrons. The second kappa shape index (κ2) is 6.71. The summed E-state index contributed by atoms with van der Waals surface area (Å²) in [5.74, 6) is 2.71. The lowest BCUT2D eigenvalue weighted by Crippen LogP contribution is -2.03. The van der Waals surface area contributed by atoms with E-state index < -0.39 is 0 Å². The summed E-state index contributed by atoms with van der Waals surface area (Å²) in [7, 11) is 0. The van der Waals surface area contributed by atoms with Gasteiger partial charge in [-0.25, -0.2) is 0 Å². The van der Waals surface area contributed by atoms with Crippen molar-refractivity contribution in [2.24, 2.45) is 0 Å². The van der Waals surface area contributed by atoms with E-state index in [1.54, 1.807) is 10.6 Å². The molecule has 1 aliphatic heterocycles. The second-order valence-corrected chi connectivity index (χ2v) is 7.39. The Labute approximate surface area is 163 Å². The van der Waals surface area contributed by atoms with E-state index in [0.717, 1.165) is 26.3 Å². The molecule has 2 aromatic heterocycles. The lowest BCUT2D eigenvalue weighted by Gasteiger charge is -2.05. The van der Waals surface area contributed by atoms with Crippen LogP contribution in [0.2, 0.25) is 5.02 Å². The van der Waals surface area contributed by atoms with Crippen molar-refractivity contribution in [2.45, 2.75) is 13.0 Å². The van der Waals surface area contributed by atoms with E-state index in [1.807, 2.05) is 36.4 Å². The maximum atomic E-state index is 5.93. The van der Waals surface area contributed by atoms with Gasteiger partial charge in [0.15, 0.2) is 17.3 Å².